The van der Waals surface area contributed by atoms with Crippen molar-refractivity contribution in [1.82, 2.24) is 5.32 Å². The van der Waals surface area contributed by atoms with Gasteiger partial charge in [-0.2, -0.15) is 0 Å². The van der Waals surface area contributed by atoms with E-state index in [0.29, 0.717) is 17.2 Å². The summed E-state index contributed by atoms with van der Waals surface area (Å²) < 4.78 is 14.5. The van der Waals surface area contributed by atoms with Crippen LogP contribution in [0.25, 0.3) is 0 Å². The minimum Gasteiger partial charge on any atom is -1.00 e. The number of alkyl carbamates (subject to hydrolysis) is 1. The molecule has 1 amide bonds. The standard InChI is InChI=1S/C15H18ClNO6.Na.H/c1-10(18)21-11(2)22-15(20)17-9-3-4-14(19)23-13-7-5-12(16)6-8-13;;/h5-8,11H,3-4,9H2,1-2H3,(H,17,20);;/q;+1;-1. The fourth-order valence-electron chi connectivity index (χ4n) is 1.56. The van der Waals surface area contributed by atoms with E-state index < -0.39 is 24.3 Å². The number of hydrogen-bond donors (Lipinski definition) is 1. The predicted molar refractivity (Wildman–Crippen MR) is 83.1 cm³/mol. The van der Waals surface area contributed by atoms with Crippen molar-refractivity contribution in [3.63, 3.8) is 0 Å². The summed E-state index contributed by atoms with van der Waals surface area (Å²) in [6, 6.07) is 6.41. The van der Waals surface area contributed by atoms with E-state index in [1.807, 2.05) is 0 Å². The molecule has 0 radical (unpaired) electrons. The third-order valence-corrected chi connectivity index (χ3v) is 2.73. The zero-order valence-corrected chi connectivity index (χ0v) is 16.6. The van der Waals surface area contributed by atoms with Crippen LogP contribution in [0.5, 0.6) is 5.75 Å². The average molecular weight is 368 g/mol. The summed E-state index contributed by atoms with van der Waals surface area (Å²) in [5.74, 6) is -0.562. The van der Waals surface area contributed by atoms with Crippen molar-refractivity contribution < 1.29 is 59.6 Å². The molecular formula is C15H19ClNNaO6. The summed E-state index contributed by atoms with van der Waals surface area (Å²) in [5.41, 5.74) is 0. The molecule has 1 N–H and O–H groups in total. The molecule has 0 aliphatic rings. The van der Waals surface area contributed by atoms with Gasteiger partial charge in [0, 0.05) is 31.8 Å². The fourth-order valence-corrected chi connectivity index (χ4v) is 1.68. The Hall–Kier alpha value is -1.28. The molecule has 1 aromatic carbocycles. The van der Waals surface area contributed by atoms with Crippen molar-refractivity contribution in [1.29, 1.82) is 0 Å². The summed E-state index contributed by atoms with van der Waals surface area (Å²) in [7, 11) is 0. The second-order valence-corrected chi connectivity index (χ2v) is 4.98. The van der Waals surface area contributed by atoms with Crippen LogP contribution in [0.1, 0.15) is 28.1 Å². The predicted octanol–water partition coefficient (Wildman–Crippen LogP) is -0.223. The van der Waals surface area contributed by atoms with Gasteiger partial charge in [-0.1, -0.05) is 11.6 Å². The topological polar surface area (TPSA) is 90.9 Å². The molecule has 7 nitrogen and oxygen atoms in total. The summed E-state index contributed by atoms with van der Waals surface area (Å²) in [6.45, 7) is 2.86. The average Bonchev–Trinajstić information content (AvgIpc) is 2.45. The first-order chi connectivity index (χ1) is 10.9. The number of amides is 1. The molecule has 0 aliphatic heterocycles. The van der Waals surface area contributed by atoms with Crippen LogP contribution in [0.3, 0.4) is 0 Å². The molecule has 1 unspecified atom stereocenters. The van der Waals surface area contributed by atoms with Crippen LogP contribution in [-0.4, -0.2) is 30.9 Å². The van der Waals surface area contributed by atoms with Crippen molar-refractivity contribution in [2.75, 3.05) is 6.54 Å². The molecule has 1 rings (SSSR count). The molecule has 0 saturated carbocycles. The van der Waals surface area contributed by atoms with E-state index in [0.717, 1.165) is 0 Å². The van der Waals surface area contributed by atoms with Crippen LogP contribution < -0.4 is 39.6 Å². The molecule has 1 aromatic rings. The van der Waals surface area contributed by atoms with Gasteiger partial charge in [-0.25, -0.2) is 4.79 Å². The number of benzene rings is 1. The minimum atomic E-state index is -0.970. The zero-order valence-electron chi connectivity index (χ0n) is 14.8. The van der Waals surface area contributed by atoms with Gasteiger partial charge in [0.15, 0.2) is 0 Å². The van der Waals surface area contributed by atoms with E-state index in [1.54, 1.807) is 24.3 Å². The van der Waals surface area contributed by atoms with Gasteiger partial charge in [0.25, 0.3) is 0 Å². The van der Waals surface area contributed by atoms with E-state index in [9.17, 15) is 14.4 Å². The first kappa shape index (κ1) is 22.7. The second kappa shape index (κ2) is 12.1. The normalized spacial score (nSPS) is 10.8. The molecule has 0 bridgehead atoms. The number of esters is 2. The third-order valence-electron chi connectivity index (χ3n) is 2.48. The Kier molecular flexibility index (Phi) is 11.5. The number of rotatable bonds is 7. The summed E-state index contributed by atoms with van der Waals surface area (Å²) in [5, 5.41) is 2.99. The van der Waals surface area contributed by atoms with E-state index in [4.69, 9.17) is 21.1 Å². The van der Waals surface area contributed by atoms with Crippen molar-refractivity contribution >= 4 is 29.6 Å². The van der Waals surface area contributed by atoms with Gasteiger partial charge in [0.2, 0.25) is 6.29 Å². The molecule has 0 heterocycles. The maximum atomic E-state index is 11.6. The van der Waals surface area contributed by atoms with Crippen molar-refractivity contribution in [3.05, 3.63) is 29.3 Å². The van der Waals surface area contributed by atoms with Gasteiger partial charge < -0.3 is 21.0 Å². The molecule has 0 fully saturated rings. The minimum absolute atomic E-state index is 0. The van der Waals surface area contributed by atoms with Crippen molar-refractivity contribution in [2.45, 2.75) is 33.0 Å². The van der Waals surface area contributed by atoms with Gasteiger partial charge in [-0.15, -0.1) is 0 Å². The van der Waals surface area contributed by atoms with E-state index in [2.05, 4.69) is 10.1 Å². The SMILES string of the molecule is CC(=O)OC(C)OC(=O)NCCCC(=O)Oc1ccc(Cl)cc1.[H-].[Na+]. The molecular weight excluding hydrogens is 349 g/mol. The third kappa shape index (κ3) is 10.5. The Morgan fingerprint density at radius 3 is 2.42 bits per heavy atom. The largest absolute Gasteiger partial charge is 1.00 e. The molecule has 0 aromatic heterocycles. The Morgan fingerprint density at radius 2 is 1.83 bits per heavy atom. The quantitative estimate of drug-likeness (QED) is 0.235. The Bertz CT molecular complexity index is 557. The molecule has 24 heavy (non-hydrogen) atoms. The second-order valence-electron chi connectivity index (χ2n) is 4.54. The van der Waals surface area contributed by atoms with Crippen molar-refractivity contribution in [3.8, 4) is 5.75 Å². The van der Waals surface area contributed by atoms with Crippen LogP contribution in [-0.2, 0) is 19.1 Å². The maximum Gasteiger partial charge on any atom is 1.00 e. The van der Waals surface area contributed by atoms with Crippen LogP contribution in [0, 0.1) is 0 Å². The monoisotopic (exact) mass is 367 g/mol. The van der Waals surface area contributed by atoms with Crippen molar-refractivity contribution in [2.24, 2.45) is 0 Å². The summed E-state index contributed by atoms with van der Waals surface area (Å²) in [4.78, 5) is 33.6. The van der Waals surface area contributed by atoms with Crippen LogP contribution in [0.15, 0.2) is 24.3 Å². The number of hydrogen-bond acceptors (Lipinski definition) is 6. The number of nitrogens with one attached hydrogen (secondary N) is 1. The van der Waals surface area contributed by atoms with E-state index in [-0.39, 0.29) is 43.9 Å². The first-order valence-electron chi connectivity index (χ1n) is 6.95. The van der Waals surface area contributed by atoms with E-state index in [1.165, 1.54) is 13.8 Å². The summed E-state index contributed by atoms with van der Waals surface area (Å²) in [6.07, 6.45) is -1.20. The first-order valence-corrected chi connectivity index (χ1v) is 7.32. The Morgan fingerprint density at radius 1 is 1.21 bits per heavy atom. The maximum absolute atomic E-state index is 11.6. The van der Waals surface area contributed by atoms with Gasteiger partial charge >= 0.3 is 47.6 Å². The zero-order chi connectivity index (χ0) is 17.2. The molecule has 1 atom stereocenters. The number of ether oxygens (including phenoxy) is 3. The van der Waals surface area contributed by atoms with Gasteiger partial charge in [0.1, 0.15) is 5.75 Å². The number of carbonyl (C=O) groups is 3. The van der Waals surface area contributed by atoms with E-state index >= 15 is 0 Å². The molecule has 0 saturated heterocycles. The number of halogens is 1. The molecule has 128 valence electrons. The molecule has 0 spiro atoms. The molecule has 9 heteroatoms. The van der Waals surface area contributed by atoms with Crippen LogP contribution >= 0.6 is 11.6 Å². The van der Waals surface area contributed by atoms with Crippen LogP contribution in [0.2, 0.25) is 5.02 Å². The van der Waals surface area contributed by atoms with Gasteiger partial charge in [0.05, 0.1) is 0 Å². The van der Waals surface area contributed by atoms with Gasteiger partial charge in [-0.3, -0.25) is 9.59 Å². The number of carbonyl (C=O) groups excluding carboxylic acids is 3. The Balaban J connectivity index is 0. The Labute approximate surface area is 168 Å². The molecule has 0 aliphatic carbocycles. The summed E-state index contributed by atoms with van der Waals surface area (Å²) >= 11 is 5.72. The smallest absolute Gasteiger partial charge is 1.00 e. The fraction of sp³-hybridized carbons (Fsp3) is 0.400. The van der Waals surface area contributed by atoms with Gasteiger partial charge in [-0.05, 0) is 30.7 Å². The van der Waals surface area contributed by atoms with Crippen LogP contribution in [0.4, 0.5) is 4.79 Å².